The van der Waals surface area contributed by atoms with Crippen LogP contribution in [0.4, 0.5) is 5.95 Å². The SMILES string of the molecule is CCN(C(=O)CCn1c(C2CCC(C)N(c3ncccn3)C2)nc2ccccc21)C1CCCCC1. The molecular weight excluding hydrogens is 436 g/mol. The van der Waals surface area contributed by atoms with Gasteiger partial charge >= 0.3 is 0 Å². The Morgan fingerprint density at radius 2 is 1.80 bits per heavy atom. The van der Waals surface area contributed by atoms with Gasteiger partial charge in [-0.3, -0.25) is 4.79 Å². The summed E-state index contributed by atoms with van der Waals surface area (Å²) in [5.74, 6) is 2.43. The molecule has 3 heterocycles. The highest BCUT2D eigenvalue weighted by Gasteiger charge is 2.32. The molecule has 2 fully saturated rings. The van der Waals surface area contributed by atoms with Crippen LogP contribution in [0, 0.1) is 0 Å². The summed E-state index contributed by atoms with van der Waals surface area (Å²) in [5, 5.41) is 0. The van der Waals surface area contributed by atoms with Crippen molar-refractivity contribution in [2.45, 2.75) is 89.8 Å². The maximum atomic E-state index is 13.3. The van der Waals surface area contributed by atoms with Crippen LogP contribution in [0.3, 0.4) is 0 Å². The van der Waals surface area contributed by atoms with Gasteiger partial charge in [0.25, 0.3) is 0 Å². The third-order valence-corrected chi connectivity index (χ3v) is 7.97. The molecule has 7 heteroatoms. The number of para-hydroxylation sites is 2. The van der Waals surface area contributed by atoms with E-state index in [9.17, 15) is 4.79 Å². The molecule has 1 aromatic carbocycles. The van der Waals surface area contributed by atoms with E-state index in [1.54, 1.807) is 0 Å². The number of piperidine rings is 1. The lowest BCUT2D eigenvalue weighted by Crippen LogP contribution is -2.43. The molecule has 2 atom stereocenters. The topological polar surface area (TPSA) is 67.2 Å². The number of rotatable bonds is 7. The average Bonchev–Trinajstić information content (AvgIpc) is 3.28. The monoisotopic (exact) mass is 474 g/mol. The molecule has 5 rings (SSSR count). The minimum Gasteiger partial charge on any atom is -0.340 e. The number of nitrogens with zero attached hydrogens (tertiary/aromatic N) is 6. The predicted molar refractivity (Wildman–Crippen MR) is 139 cm³/mol. The Labute approximate surface area is 208 Å². The van der Waals surface area contributed by atoms with Crippen molar-refractivity contribution in [1.29, 1.82) is 0 Å². The Morgan fingerprint density at radius 1 is 1.03 bits per heavy atom. The summed E-state index contributed by atoms with van der Waals surface area (Å²) < 4.78 is 2.31. The van der Waals surface area contributed by atoms with Crippen LogP contribution >= 0.6 is 0 Å². The van der Waals surface area contributed by atoms with Gasteiger partial charge in [-0.2, -0.15) is 0 Å². The number of aryl methyl sites for hydroxylation is 1. The Kier molecular flexibility index (Phi) is 7.30. The van der Waals surface area contributed by atoms with Crippen molar-refractivity contribution < 1.29 is 4.79 Å². The van der Waals surface area contributed by atoms with Crippen LogP contribution < -0.4 is 4.90 Å². The molecule has 3 aromatic rings. The first-order valence-corrected chi connectivity index (χ1v) is 13.4. The van der Waals surface area contributed by atoms with Crippen LogP contribution in [-0.4, -0.2) is 55.5 Å². The molecule has 2 aromatic heterocycles. The van der Waals surface area contributed by atoms with Crippen molar-refractivity contribution in [2.24, 2.45) is 0 Å². The van der Waals surface area contributed by atoms with Gasteiger partial charge in [0.1, 0.15) is 5.82 Å². The number of aromatic nitrogens is 4. The van der Waals surface area contributed by atoms with Crippen LogP contribution in [0.15, 0.2) is 42.7 Å². The van der Waals surface area contributed by atoms with Crippen molar-refractivity contribution in [1.82, 2.24) is 24.4 Å². The fourth-order valence-electron chi connectivity index (χ4n) is 6.06. The van der Waals surface area contributed by atoms with Gasteiger partial charge in [-0.1, -0.05) is 31.4 Å². The third-order valence-electron chi connectivity index (χ3n) is 7.97. The maximum Gasteiger partial charge on any atom is 0.225 e. The molecule has 1 saturated carbocycles. The zero-order valence-electron chi connectivity index (χ0n) is 21.1. The van der Waals surface area contributed by atoms with E-state index in [2.05, 4.69) is 56.4 Å². The molecule has 0 spiro atoms. The van der Waals surface area contributed by atoms with Gasteiger partial charge in [-0.15, -0.1) is 0 Å². The highest BCUT2D eigenvalue weighted by molar-refractivity contribution is 5.78. The average molecular weight is 475 g/mol. The number of hydrogen-bond acceptors (Lipinski definition) is 5. The highest BCUT2D eigenvalue weighted by atomic mass is 16.2. The molecule has 35 heavy (non-hydrogen) atoms. The van der Waals surface area contributed by atoms with Gasteiger partial charge in [-0.05, 0) is 57.7 Å². The number of imidazole rings is 1. The molecule has 1 aliphatic heterocycles. The van der Waals surface area contributed by atoms with E-state index in [0.29, 0.717) is 25.0 Å². The van der Waals surface area contributed by atoms with Gasteiger partial charge in [0.2, 0.25) is 11.9 Å². The maximum absolute atomic E-state index is 13.3. The first-order valence-electron chi connectivity index (χ1n) is 13.4. The summed E-state index contributed by atoms with van der Waals surface area (Å²) in [6.45, 7) is 6.68. The molecular formula is C28H38N6O. The lowest BCUT2D eigenvalue weighted by Gasteiger charge is -2.38. The smallest absolute Gasteiger partial charge is 0.225 e. The normalized spacial score (nSPS) is 21.4. The van der Waals surface area contributed by atoms with E-state index in [1.165, 1.54) is 19.3 Å². The molecule has 7 nitrogen and oxygen atoms in total. The van der Waals surface area contributed by atoms with E-state index in [1.807, 2.05) is 24.5 Å². The summed E-state index contributed by atoms with van der Waals surface area (Å²) in [6.07, 6.45) is 12.4. The predicted octanol–water partition coefficient (Wildman–Crippen LogP) is 5.17. The molecule has 1 saturated heterocycles. The summed E-state index contributed by atoms with van der Waals surface area (Å²) in [7, 11) is 0. The van der Waals surface area contributed by atoms with E-state index in [4.69, 9.17) is 4.98 Å². The van der Waals surface area contributed by atoms with E-state index in [-0.39, 0.29) is 11.8 Å². The van der Waals surface area contributed by atoms with Crippen LogP contribution in [-0.2, 0) is 11.3 Å². The second-order valence-electron chi connectivity index (χ2n) is 10.2. The number of fused-ring (bicyclic) bond motifs is 1. The van der Waals surface area contributed by atoms with Crippen LogP contribution in [0.25, 0.3) is 11.0 Å². The molecule has 0 N–H and O–H groups in total. The summed E-state index contributed by atoms with van der Waals surface area (Å²) in [4.78, 5) is 31.9. The van der Waals surface area contributed by atoms with Crippen molar-refractivity contribution in [3.8, 4) is 0 Å². The zero-order valence-corrected chi connectivity index (χ0v) is 21.1. The standard InChI is InChI=1S/C28H38N6O/c1-3-32(23-10-5-4-6-11-23)26(35)16-19-33-25-13-8-7-12-24(25)31-27(33)22-15-14-21(2)34(20-22)28-29-17-9-18-30-28/h7-9,12-13,17-18,21-23H,3-6,10-11,14-16,19-20H2,1-2H3. The highest BCUT2D eigenvalue weighted by Crippen LogP contribution is 2.33. The molecule has 0 radical (unpaired) electrons. The molecule has 1 amide bonds. The van der Waals surface area contributed by atoms with Gasteiger partial charge in [-0.25, -0.2) is 15.0 Å². The molecule has 2 aliphatic rings. The summed E-state index contributed by atoms with van der Waals surface area (Å²) in [5.41, 5.74) is 2.13. The van der Waals surface area contributed by atoms with Gasteiger partial charge < -0.3 is 14.4 Å². The number of benzene rings is 1. The van der Waals surface area contributed by atoms with E-state index < -0.39 is 0 Å². The molecule has 0 bridgehead atoms. The van der Waals surface area contributed by atoms with E-state index >= 15 is 0 Å². The molecule has 1 aliphatic carbocycles. The van der Waals surface area contributed by atoms with Crippen LogP contribution in [0.2, 0.25) is 0 Å². The van der Waals surface area contributed by atoms with Crippen molar-refractivity contribution in [2.75, 3.05) is 18.0 Å². The minimum absolute atomic E-state index is 0.276. The number of carbonyl (C=O) groups is 1. The molecule has 2 unspecified atom stereocenters. The second-order valence-corrected chi connectivity index (χ2v) is 10.2. The number of carbonyl (C=O) groups excluding carboxylic acids is 1. The van der Waals surface area contributed by atoms with Crippen molar-refractivity contribution in [3.63, 3.8) is 0 Å². The third kappa shape index (κ3) is 5.04. The lowest BCUT2D eigenvalue weighted by atomic mass is 9.93. The molecule has 186 valence electrons. The number of amides is 1. The van der Waals surface area contributed by atoms with Gasteiger partial charge in [0.05, 0.1) is 11.0 Å². The second kappa shape index (κ2) is 10.8. The van der Waals surface area contributed by atoms with Crippen molar-refractivity contribution in [3.05, 3.63) is 48.5 Å². The van der Waals surface area contributed by atoms with Gasteiger partial charge in [0, 0.05) is 56.5 Å². The van der Waals surface area contributed by atoms with E-state index in [0.717, 1.165) is 61.6 Å². The zero-order chi connectivity index (χ0) is 24.2. The quantitative estimate of drug-likeness (QED) is 0.473. The number of anilines is 1. The Hall–Kier alpha value is -2.96. The van der Waals surface area contributed by atoms with Crippen LogP contribution in [0.5, 0.6) is 0 Å². The largest absolute Gasteiger partial charge is 0.340 e. The fraction of sp³-hybridized carbons (Fsp3) is 0.571. The van der Waals surface area contributed by atoms with Crippen molar-refractivity contribution >= 4 is 22.9 Å². The summed E-state index contributed by atoms with van der Waals surface area (Å²) in [6, 6.07) is 11.0. The van der Waals surface area contributed by atoms with Gasteiger partial charge in [0.15, 0.2) is 0 Å². The van der Waals surface area contributed by atoms with Crippen LogP contribution in [0.1, 0.15) is 77.0 Å². The number of hydrogen-bond donors (Lipinski definition) is 0. The Morgan fingerprint density at radius 3 is 2.57 bits per heavy atom. The Balaban J connectivity index is 1.38. The lowest BCUT2D eigenvalue weighted by molar-refractivity contribution is -0.134. The first kappa shape index (κ1) is 23.8. The minimum atomic E-state index is 0.276. The fourth-order valence-corrected chi connectivity index (χ4v) is 6.06. The Bertz CT molecular complexity index is 1120. The summed E-state index contributed by atoms with van der Waals surface area (Å²) >= 11 is 0. The first-order chi connectivity index (χ1) is 17.2.